The Balaban J connectivity index is 1.50. The van der Waals surface area contributed by atoms with Crippen LogP contribution in [0.5, 0.6) is 5.75 Å². The number of likely N-dealkylation sites (N-methyl/N-ethyl adjacent to an activating group) is 2. The van der Waals surface area contributed by atoms with Crippen molar-refractivity contribution < 1.29 is 14.3 Å². The van der Waals surface area contributed by atoms with Crippen LogP contribution in [0.25, 0.3) is 0 Å². The van der Waals surface area contributed by atoms with Gasteiger partial charge < -0.3 is 20.3 Å². The number of hydrogen-bond acceptors (Lipinski definition) is 5. The maximum absolute atomic E-state index is 12.6. The molecule has 2 amide bonds. The van der Waals surface area contributed by atoms with E-state index in [4.69, 9.17) is 4.74 Å². The molecule has 0 saturated heterocycles. The molecule has 1 heterocycles. The summed E-state index contributed by atoms with van der Waals surface area (Å²) in [5, 5.41) is 6.09. The average molecular weight is 425 g/mol. The molecule has 0 aliphatic heterocycles. The van der Waals surface area contributed by atoms with Gasteiger partial charge in [0, 0.05) is 19.2 Å². The molecule has 1 aromatic carbocycles. The molecule has 3 rings (SSSR count). The number of ether oxygens (including phenoxy) is 1. The fraction of sp³-hybridized carbons (Fsp3) is 0.458. The minimum Gasteiger partial charge on any atom is -0.492 e. The van der Waals surface area contributed by atoms with Gasteiger partial charge in [-0.15, -0.1) is 0 Å². The third-order valence-electron chi connectivity index (χ3n) is 5.59. The smallest absolute Gasteiger partial charge is 0.242 e. The number of benzene rings is 1. The molecule has 0 radical (unpaired) electrons. The second-order valence-corrected chi connectivity index (χ2v) is 8.47. The molecule has 7 heteroatoms. The first kappa shape index (κ1) is 22.7. The second kappa shape index (κ2) is 9.92. The molecule has 0 fully saturated rings. The normalized spacial score (nSPS) is 15.3. The van der Waals surface area contributed by atoms with Crippen LogP contribution in [-0.2, 0) is 22.4 Å². The van der Waals surface area contributed by atoms with Crippen molar-refractivity contribution in [2.24, 2.45) is 5.92 Å². The number of nitrogens with zero attached hydrogens (tertiary/aromatic N) is 2. The average Bonchev–Trinajstić information content (AvgIpc) is 3.17. The van der Waals surface area contributed by atoms with Gasteiger partial charge in [-0.05, 0) is 68.6 Å². The van der Waals surface area contributed by atoms with E-state index in [1.54, 1.807) is 24.2 Å². The quantitative estimate of drug-likeness (QED) is 0.647. The zero-order valence-electron chi connectivity index (χ0n) is 18.8. The Labute approximate surface area is 184 Å². The highest BCUT2D eigenvalue weighted by Crippen LogP contribution is 2.30. The van der Waals surface area contributed by atoms with Gasteiger partial charge in [0.25, 0.3) is 0 Å². The second-order valence-electron chi connectivity index (χ2n) is 8.47. The number of fused-ring (bicyclic) bond motifs is 1. The molecule has 1 atom stereocenters. The molecule has 7 nitrogen and oxygen atoms in total. The predicted molar refractivity (Wildman–Crippen MR) is 121 cm³/mol. The fourth-order valence-electron chi connectivity index (χ4n) is 3.93. The van der Waals surface area contributed by atoms with E-state index in [2.05, 4.69) is 15.6 Å². The van der Waals surface area contributed by atoms with Crippen LogP contribution in [0.15, 0.2) is 42.6 Å². The maximum atomic E-state index is 12.6. The van der Waals surface area contributed by atoms with Crippen molar-refractivity contribution in [1.82, 2.24) is 15.2 Å². The molecule has 1 aliphatic carbocycles. The lowest BCUT2D eigenvalue weighted by molar-refractivity contribution is -0.136. The first-order valence-corrected chi connectivity index (χ1v) is 10.8. The van der Waals surface area contributed by atoms with Crippen LogP contribution >= 0.6 is 0 Å². The molecule has 2 N–H and O–H groups in total. The Morgan fingerprint density at radius 3 is 2.68 bits per heavy atom. The van der Waals surface area contributed by atoms with Crippen molar-refractivity contribution in [3.05, 3.63) is 53.7 Å². The highest BCUT2D eigenvalue weighted by atomic mass is 16.5. The van der Waals surface area contributed by atoms with E-state index in [1.807, 2.05) is 51.1 Å². The minimum atomic E-state index is -0.595. The van der Waals surface area contributed by atoms with Crippen LogP contribution < -0.4 is 15.4 Å². The van der Waals surface area contributed by atoms with E-state index < -0.39 is 5.54 Å². The summed E-state index contributed by atoms with van der Waals surface area (Å²) in [6.45, 7) is 7.40. The standard InChI is InChI=1S/C24H32N4O3/c1-5-26-24(2,3)23(30)28(4)12-13-31-20-10-9-17-14-19(15-18(17)16-20)22(29)27-21-8-6-7-11-25-21/h6-11,16,19,26H,5,12-15H2,1-4H3,(H,25,27,29). The van der Waals surface area contributed by atoms with Gasteiger partial charge in [0.05, 0.1) is 12.1 Å². The summed E-state index contributed by atoms with van der Waals surface area (Å²) in [6.07, 6.45) is 3.06. The summed E-state index contributed by atoms with van der Waals surface area (Å²) in [7, 11) is 1.79. The Morgan fingerprint density at radius 1 is 1.19 bits per heavy atom. The van der Waals surface area contributed by atoms with Gasteiger partial charge in [0.15, 0.2) is 0 Å². The monoisotopic (exact) mass is 424 g/mol. The van der Waals surface area contributed by atoms with Crippen molar-refractivity contribution in [2.75, 3.05) is 32.1 Å². The van der Waals surface area contributed by atoms with Gasteiger partial charge in [-0.3, -0.25) is 9.59 Å². The molecule has 0 spiro atoms. The Bertz CT molecular complexity index is 914. The van der Waals surface area contributed by atoms with Gasteiger partial charge in [0.1, 0.15) is 18.2 Å². The third-order valence-corrected chi connectivity index (χ3v) is 5.59. The van der Waals surface area contributed by atoms with Crippen molar-refractivity contribution in [3.8, 4) is 5.75 Å². The van der Waals surface area contributed by atoms with Crippen LogP contribution in [0.1, 0.15) is 31.9 Å². The van der Waals surface area contributed by atoms with E-state index in [0.717, 1.165) is 17.9 Å². The molecular weight excluding hydrogens is 392 g/mol. The molecule has 0 saturated carbocycles. The highest BCUT2D eigenvalue weighted by molar-refractivity contribution is 5.92. The largest absolute Gasteiger partial charge is 0.492 e. The number of carbonyl (C=O) groups excluding carboxylic acids is 2. The van der Waals surface area contributed by atoms with E-state index in [9.17, 15) is 9.59 Å². The maximum Gasteiger partial charge on any atom is 0.242 e. The lowest BCUT2D eigenvalue weighted by Gasteiger charge is -2.30. The molecule has 2 aromatic rings. The van der Waals surface area contributed by atoms with Crippen molar-refractivity contribution >= 4 is 17.6 Å². The summed E-state index contributed by atoms with van der Waals surface area (Å²) >= 11 is 0. The van der Waals surface area contributed by atoms with E-state index in [0.29, 0.717) is 31.8 Å². The number of hydrogen-bond donors (Lipinski definition) is 2. The zero-order valence-corrected chi connectivity index (χ0v) is 18.8. The van der Waals surface area contributed by atoms with Gasteiger partial charge >= 0.3 is 0 Å². The molecule has 1 aromatic heterocycles. The van der Waals surface area contributed by atoms with Gasteiger partial charge in [-0.1, -0.05) is 19.1 Å². The highest BCUT2D eigenvalue weighted by Gasteiger charge is 2.30. The number of amides is 2. The SMILES string of the molecule is CCNC(C)(C)C(=O)N(C)CCOc1ccc2c(c1)CC(C(=O)Nc1ccccn1)C2. The summed E-state index contributed by atoms with van der Waals surface area (Å²) in [5.41, 5.74) is 1.71. The van der Waals surface area contributed by atoms with E-state index >= 15 is 0 Å². The minimum absolute atomic E-state index is 0.0131. The van der Waals surface area contributed by atoms with Crippen LogP contribution in [0.3, 0.4) is 0 Å². The fourth-order valence-corrected chi connectivity index (χ4v) is 3.93. The number of rotatable bonds is 9. The van der Waals surface area contributed by atoms with Gasteiger partial charge in [-0.25, -0.2) is 4.98 Å². The topological polar surface area (TPSA) is 83.6 Å². The molecule has 166 valence electrons. The molecule has 1 aliphatic rings. The van der Waals surface area contributed by atoms with Crippen LogP contribution in [0.2, 0.25) is 0 Å². The molecule has 1 unspecified atom stereocenters. The predicted octanol–water partition coefficient (Wildman–Crippen LogP) is 2.66. The summed E-state index contributed by atoms with van der Waals surface area (Å²) in [4.78, 5) is 31.0. The summed E-state index contributed by atoms with van der Waals surface area (Å²) < 4.78 is 5.89. The van der Waals surface area contributed by atoms with Crippen molar-refractivity contribution in [2.45, 2.75) is 39.2 Å². The van der Waals surface area contributed by atoms with E-state index in [-0.39, 0.29) is 17.7 Å². The van der Waals surface area contributed by atoms with Crippen LogP contribution in [0, 0.1) is 5.92 Å². The first-order chi connectivity index (χ1) is 14.8. The summed E-state index contributed by atoms with van der Waals surface area (Å²) in [6, 6.07) is 11.4. The van der Waals surface area contributed by atoms with Crippen LogP contribution in [0.4, 0.5) is 5.82 Å². The van der Waals surface area contributed by atoms with Crippen molar-refractivity contribution in [1.29, 1.82) is 0 Å². The lowest BCUT2D eigenvalue weighted by Crippen LogP contribution is -2.53. The number of nitrogens with one attached hydrogen (secondary N) is 2. The van der Waals surface area contributed by atoms with Crippen LogP contribution in [-0.4, -0.2) is 54.0 Å². The Hall–Kier alpha value is -2.93. The molecular formula is C24H32N4O3. The van der Waals surface area contributed by atoms with E-state index in [1.165, 1.54) is 5.56 Å². The number of anilines is 1. The number of aromatic nitrogens is 1. The third kappa shape index (κ3) is 5.82. The number of pyridine rings is 1. The molecule has 0 bridgehead atoms. The Kier molecular flexibility index (Phi) is 7.28. The first-order valence-electron chi connectivity index (χ1n) is 10.8. The lowest BCUT2D eigenvalue weighted by atomic mass is 10.0. The van der Waals surface area contributed by atoms with Gasteiger partial charge in [0.2, 0.25) is 11.8 Å². The Morgan fingerprint density at radius 2 is 1.97 bits per heavy atom. The van der Waals surface area contributed by atoms with Gasteiger partial charge in [-0.2, -0.15) is 0 Å². The zero-order chi connectivity index (χ0) is 22.4. The summed E-state index contributed by atoms with van der Waals surface area (Å²) in [5.74, 6) is 1.25. The molecule has 31 heavy (non-hydrogen) atoms. The van der Waals surface area contributed by atoms with Crippen molar-refractivity contribution in [3.63, 3.8) is 0 Å². The number of carbonyl (C=O) groups is 2.